The fourth-order valence-electron chi connectivity index (χ4n) is 2.57. The van der Waals surface area contributed by atoms with Crippen LogP contribution in [0.4, 0.5) is 0 Å². The van der Waals surface area contributed by atoms with Crippen LogP contribution in [-0.4, -0.2) is 40.7 Å². The van der Waals surface area contributed by atoms with Crippen molar-refractivity contribution in [3.8, 4) is 0 Å². The SMILES string of the molecule is Cc1ccccc1SCC(=O)N1CCC(CCC(=O)O)C1. The van der Waals surface area contributed by atoms with Crippen molar-refractivity contribution in [1.82, 2.24) is 4.90 Å². The summed E-state index contributed by atoms with van der Waals surface area (Å²) in [6.45, 7) is 3.52. The molecule has 4 nitrogen and oxygen atoms in total. The van der Waals surface area contributed by atoms with Gasteiger partial charge >= 0.3 is 5.97 Å². The molecule has 1 fully saturated rings. The monoisotopic (exact) mass is 307 g/mol. The molecule has 0 aliphatic carbocycles. The Labute approximate surface area is 129 Å². The number of hydrogen-bond donors (Lipinski definition) is 1. The van der Waals surface area contributed by atoms with Crippen molar-refractivity contribution in [2.24, 2.45) is 5.92 Å². The summed E-state index contributed by atoms with van der Waals surface area (Å²) in [5.41, 5.74) is 1.19. The number of carboxylic acid groups (broad SMARTS) is 1. The van der Waals surface area contributed by atoms with Crippen LogP contribution in [0.2, 0.25) is 0 Å². The third kappa shape index (κ3) is 4.77. The number of aryl methyl sites for hydroxylation is 1. The number of benzene rings is 1. The smallest absolute Gasteiger partial charge is 0.303 e. The summed E-state index contributed by atoms with van der Waals surface area (Å²) in [6, 6.07) is 8.06. The summed E-state index contributed by atoms with van der Waals surface area (Å²) in [6.07, 6.45) is 1.79. The minimum atomic E-state index is -0.755. The van der Waals surface area contributed by atoms with E-state index in [1.54, 1.807) is 11.8 Å². The van der Waals surface area contributed by atoms with Crippen LogP contribution in [0.15, 0.2) is 29.2 Å². The zero-order valence-corrected chi connectivity index (χ0v) is 13.1. The van der Waals surface area contributed by atoms with Gasteiger partial charge in [0.1, 0.15) is 0 Å². The Hall–Kier alpha value is -1.49. The second-order valence-corrected chi connectivity index (χ2v) is 6.50. The maximum atomic E-state index is 12.2. The number of nitrogens with zero attached hydrogens (tertiary/aromatic N) is 1. The van der Waals surface area contributed by atoms with Crippen molar-refractivity contribution < 1.29 is 14.7 Å². The van der Waals surface area contributed by atoms with Crippen LogP contribution in [0.5, 0.6) is 0 Å². The largest absolute Gasteiger partial charge is 0.481 e. The molecule has 21 heavy (non-hydrogen) atoms. The number of hydrogen-bond acceptors (Lipinski definition) is 3. The van der Waals surface area contributed by atoms with Crippen LogP contribution in [0, 0.1) is 12.8 Å². The van der Waals surface area contributed by atoms with E-state index in [9.17, 15) is 9.59 Å². The standard InChI is InChI=1S/C16H21NO3S/c1-12-4-2-3-5-14(12)21-11-15(18)17-9-8-13(10-17)6-7-16(19)20/h2-5,13H,6-11H2,1H3,(H,19,20). The van der Waals surface area contributed by atoms with Gasteiger partial charge in [-0.05, 0) is 37.3 Å². The zero-order valence-electron chi connectivity index (χ0n) is 12.2. The highest BCUT2D eigenvalue weighted by Gasteiger charge is 2.26. The molecular weight excluding hydrogens is 286 g/mol. The number of rotatable bonds is 6. The first-order valence-corrected chi connectivity index (χ1v) is 8.23. The van der Waals surface area contributed by atoms with E-state index in [1.165, 1.54) is 5.56 Å². The first-order valence-electron chi connectivity index (χ1n) is 7.24. The second-order valence-electron chi connectivity index (χ2n) is 5.48. The lowest BCUT2D eigenvalue weighted by Crippen LogP contribution is -2.30. The van der Waals surface area contributed by atoms with Crippen molar-refractivity contribution in [3.63, 3.8) is 0 Å². The van der Waals surface area contributed by atoms with Crippen molar-refractivity contribution >= 4 is 23.6 Å². The molecule has 1 aromatic carbocycles. The van der Waals surface area contributed by atoms with Gasteiger partial charge in [0.15, 0.2) is 0 Å². The molecule has 5 heteroatoms. The van der Waals surface area contributed by atoms with Gasteiger partial charge in [-0.2, -0.15) is 0 Å². The van der Waals surface area contributed by atoms with Crippen LogP contribution in [0.3, 0.4) is 0 Å². The summed E-state index contributed by atoms with van der Waals surface area (Å²) in [4.78, 5) is 25.8. The van der Waals surface area contributed by atoms with E-state index >= 15 is 0 Å². The van der Waals surface area contributed by atoms with Gasteiger partial charge in [0.2, 0.25) is 5.91 Å². The summed E-state index contributed by atoms with van der Waals surface area (Å²) in [7, 11) is 0. The van der Waals surface area contributed by atoms with Gasteiger partial charge in [0, 0.05) is 24.4 Å². The van der Waals surface area contributed by atoms with Crippen molar-refractivity contribution in [3.05, 3.63) is 29.8 Å². The van der Waals surface area contributed by atoms with Crippen molar-refractivity contribution in [2.45, 2.75) is 31.1 Å². The lowest BCUT2D eigenvalue weighted by atomic mass is 10.0. The molecule has 1 saturated heterocycles. The fraction of sp³-hybridized carbons (Fsp3) is 0.500. The summed E-state index contributed by atoms with van der Waals surface area (Å²) < 4.78 is 0. The van der Waals surface area contributed by atoms with Gasteiger partial charge < -0.3 is 10.0 Å². The Morgan fingerprint density at radius 2 is 2.14 bits per heavy atom. The number of carboxylic acids is 1. The number of likely N-dealkylation sites (tertiary alicyclic amines) is 1. The molecule has 1 aliphatic heterocycles. The van der Waals surface area contributed by atoms with Crippen LogP contribution >= 0.6 is 11.8 Å². The molecule has 1 atom stereocenters. The van der Waals surface area contributed by atoms with E-state index in [0.717, 1.165) is 17.9 Å². The Bertz CT molecular complexity index is 518. The van der Waals surface area contributed by atoms with E-state index in [-0.39, 0.29) is 12.3 Å². The second kappa shape index (κ2) is 7.50. The highest BCUT2D eigenvalue weighted by Crippen LogP contribution is 2.25. The van der Waals surface area contributed by atoms with Gasteiger partial charge in [-0.1, -0.05) is 18.2 Å². The van der Waals surface area contributed by atoms with Gasteiger partial charge in [0.05, 0.1) is 5.75 Å². The van der Waals surface area contributed by atoms with Gasteiger partial charge in [-0.15, -0.1) is 11.8 Å². The van der Waals surface area contributed by atoms with Gasteiger partial charge in [-0.3, -0.25) is 9.59 Å². The molecule has 0 spiro atoms. The van der Waals surface area contributed by atoms with Crippen molar-refractivity contribution in [2.75, 3.05) is 18.8 Å². The van der Waals surface area contributed by atoms with E-state index in [4.69, 9.17) is 5.11 Å². The molecule has 0 saturated carbocycles. The molecule has 2 rings (SSSR count). The maximum absolute atomic E-state index is 12.2. The van der Waals surface area contributed by atoms with Crippen LogP contribution in [0.1, 0.15) is 24.8 Å². The average molecular weight is 307 g/mol. The molecule has 1 heterocycles. The lowest BCUT2D eigenvalue weighted by Gasteiger charge is -2.16. The third-order valence-corrected chi connectivity index (χ3v) is 5.01. The molecule has 1 unspecified atom stereocenters. The minimum Gasteiger partial charge on any atom is -0.481 e. The third-order valence-electron chi connectivity index (χ3n) is 3.85. The van der Waals surface area contributed by atoms with Crippen LogP contribution in [0.25, 0.3) is 0 Å². The molecule has 0 radical (unpaired) electrons. The van der Waals surface area contributed by atoms with E-state index in [1.807, 2.05) is 36.1 Å². The fourth-order valence-corrected chi connectivity index (χ4v) is 3.50. The summed E-state index contributed by atoms with van der Waals surface area (Å²) in [5.74, 6) is 0.195. The molecule has 1 N–H and O–H groups in total. The Balaban J connectivity index is 1.77. The predicted octanol–water partition coefficient (Wildman–Crippen LogP) is 2.80. The molecular formula is C16H21NO3S. The van der Waals surface area contributed by atoms with E-state index in [2.05, 4.69) is 0 Å². The van der Waals surface area contributed by atoms with Gasteiger partial charge in [0.25, 0.3) is 0 Å². The van der Waals surface area contributed by atoms with E-state index < -0.39 is 5.97 Å². The molecule has 114 valence electrons. The first kappa shape index (κ1) is 15.9. The summed E-state index contributed by atoms with van der Waals surface area (Å²) in [5, 5.41) is 8.70. The number of aliphatic carboxylic acids is 1. The number of amides is 1. The Morgan fingerprint density at radius 1 is 1.38 bits per heavy atom. The highest BCUT2D eigenvalue weighted by molar-refractivity contribution is 8.00. The van der Waals surface area contributed by atoms with E-state index in [0.29, 0.717) is 24.6 Å². The normalized spacial score (nSPS) is 18.0. The molecule has 0 aromatic heterocycles. The first-order chi connectivity index (χ1) is 10.1. The van der Waals surface area contributed by atoms with Crippen molar-refractivity contribution in [1.29, 1.82) is 0 Å². The van der Waals surface area contributed by atoms with Crippen LogP contribution in [-0.2, 0) is 9.59 Å². The predicted molar refractivity (Wildman–Crippen MR) is 83.5 cm³/mol. The summed E-state index contributed by atoms with van der Waals surface area (Å²) >= 11 is 1.58. The zero-order chi connectivity index (χ0) is 15.2. The number of carbonyl (C=O) groups is 2. The Kier molecular flexibility index (Phi) is 5.67. The van der Waals surface area contributed by atoms with Gasteiger partial charge in [-0.25, -0.2) is 0 Å². The van der Waals surface area contributed by atoms with Crippen LogP contribution < -0.4 is 0 Å². The number of thioether (sulfide) groups is 1. The average Bonchev–Trinajstić information content (AvgIpc) is 2.93. The lowest BCUT2D eigenvalue weighted by molar-refractivity contribution is -0.137. The number of carbonyl (C=O) groups excluding carboxylic acids is 1. The molecule has 1 aromatic rings. The quantitative estimate of drug-likeness (QED) is 0.821. The molecule has 1 aliphatic rings. The Morgan fingerprint density at radius 3 is 2.86 bits per heavy atom. The minimum absolute atomic E-state index is 0.154. The molecule has 0 bridgehead atoms. The molecule has 1 amide bonds. The maximum Gasteiger partial charge on any atom is 0.303 e. The highest BCUT2D eigenvalue weighted by atomic mass is 32.2. The topological polar surface area (TPSA) is 57.6 Å².